The first kappa shape index (κ1) is 14.1. The Morgan fingerprint density at radius 3 is 2.67 bits per heavy atom. The van der Waals surface area contributed by atoms with Crippen molar-refractivity contribution in [2.24, 2.45) is 11.3 Å². The van der Waals surface area contributed by atoms with Crippen LogP contribution in [0.2, 0.25) is 0 Å². The summed E-state index contributed by atoms with van der Waals surface area (Å²) in [6.45, 7) is 3.68. The van der Waals surface area contributed by atoms with Crippen molar-refractivity contribution in [3.8, 4) is 0 Å². The van der Waals surface area contributed by atoms with E-state index in [1.165, 1.54) is 12.7 Å². The summed E-state index contributed by atoms with van der Waals surface area (Å²) in [5, 5.41) is 0. The van der Waals surface area contributed by atoms with Crippen molar-refractivity contribution < 1.29 is 14.3 Å². The first-order chi connectivity index (χ1) is 10.2. The first-order valence-electron chi connectivity index (χ1n) is 7.20. The molecule has 0 aromatic heterocycles. The zero-order valence-corrected chi connectivity index (χ0v) is 12.2. The van der Waals surface area contributed by atoms with Gasteiger partial charge in [0.05, 0.1) is 13.0 Å². The van der Waals surface area contributed by atoms with Gasteiger partial charge >= 0.3 is 5.97 Å². The lowest BCUT2D eigenvalue weighted by molar-refractivity contribution is -0.155. The second-order valence-electron chi connectivity index (χ2n) is 6.10. The lowest BCUT2D eigenvalue weighted by atomic mass is 9.72. The predicted molar refractivity (Wildman–Crippen MR) is 77.3 cm³/mol. The molecule has 1 spiro atoms. The number of hydrogen-bond acceptors (Lipinski definition) is 4. The highest BCUT2D eigenvalue weighted by atomic mass is 16.5. The van der Waals surface area contributed by atoms with Crippen LogP contribution in [0.1, 0.15) is 5.56 Å². The number of benzene rings is 1. The van der Waals surface area contributed by atoms with Gasteiger partial charge in [-0.2, -0.15) is 0 Å². The fourth-order valence-corrected chi connectivity index (χ4v) is 3.66. The van der Waals surface area contributed by atoms with Crippen molar-refractivity contribution in [2.45, 2.75) is 6.54 Å². The molecule has 2 heterocycles. The standard InChI is InChI=1S/C16H20N2O3/c1-21-15(20)14-8-17(7-13-5-3-2-4-6-13)9-16(14)10-18(11-16)12-19/h2-6,12,14H,7-11H2,1H3. The van der Waals surface area contributed by atoms with Crippen molar-refractivity contribution in [3.05, 3.63) is 35.9 Å². The van der Waals surface area contributed by atoms with Gasteiger partial charge in [0.2, 0.25) is 6.41 Å². The van der Waals surface area contributed by atoms with E-state index in [1.807, 2.05) is 18.2 Å². The van der Waals surface area contributed by atoms with Gasteiger partial charge < -0.3 is 9.64 Å². The molecule has 2 fully saturated rings. The van der Waals surface area contributed by atoms with Crippen molar-refractivity contribution in [1.82, 2.24) is 9.80 Å². The Morgan fingerprint density at radius 1 is 1.33 bits per heavy atom. The van der Waals surface area contributed by atoms with E-state index in [1.54, 1.807) is 4.90 Å². The Balaban J connectivity index is 1.72. The lowest BCUT2D eigenvalue weighted by Crippen LogP contribution is -2.61. The number of nitrogens with zero attached hydrogens (tertiary/aromatic N) is 2. The molecule has 1 unspecified atom stereocenters. The van der Waals surface area contributed by atoms with Crippen molar-refractivity contribution in [1.29, 1.82) is 0 Å². The maximum absolute atomic E-state index is 12.1. The summed E-state index contributed by atoms with van der Waals surface area (Å²) in [6.07, 6.45) is 0.861. The van der Waals surface area contributed by atoms with Gasteiger partial charge in [0.25, 0.3) is 0 Å². The van der Waals surface area contributed by atoms with Crippen LogP contribution in [0.15, 0.2) is 30.3 Å². The third kappa shape index (κ3) is 2.53. The van der Waals surface area contributed by atoms with E-state index in [2.05, 4.69) is 17.0 Å². The second-order valence-corrected chi connectivity index (χ2v) is 6.10. The first-order valence-corrected chi connectivity index (χ1v) is 7.20. The quantitative estimate of drug-likeness (QED) is 0.606. The maximum atomic E-state index is 12.1. The van der Waals surface area contributed by atoms with Crippen LogP contribution in [0.25, 0.3) is 0 Å². The van der Waals surface area contributed by atoms with Gasteiger partial charge in [0.1, 0.15) is 0 Å². The molecule has 21 heavy (non-hydrogen) atoms. The largest absolute Gasteiger partial charge is 0.469 e. The molecule has 0 N–H and O–H groups in total. The Hall–Kier alpha value is -1.88. The van der Waals surface area contributed by atoms with Crippen LogP contribution in [-0.2, 0) is 20.9 Å². The van der Waals surface area contributed by atoms with E-state index in [-0.39, 0.29) is 17.3 Å². The van der Waals surface area contributed by atoms with Crippen molar-refractivity contribution in [3.63, 3.8) is 0 Å². The van der Waals surface area contributed by atoms with Crippen molar-refractivity contribution >= 4 is 12.4 Å². The maximum Gasteiger partial charge on any atom is 0.310 e. The molecule has 3 rings (SSSR count). The van der Waals surface area contributed by atoms with Gasteiger partial charge in [-0.25, -0.2) is 0 Å². The summed E-state index contributed by atoms with van der Waals surface area (Å²) in [5.74, 6) is -0.293. The Labute approximate surface area is 124 Å². The van der Waals surface area contributed by atoms with E-state index in [0.29, 0.717) is 19.6 Å². The van der Waals surface area contributed by atoms with Gasteiger partial charge in [-0.15, -0.1) is 0 Å². The molecular weight excluding hydrogens is 268 g/mol. The lowest BCUT2D eigenvalue weighted by Gasteiger charge is -2.48. The fraction of sp³-hybridized carbons (Fsp3) is 0.500. The molecule has 1 atom stereocenters. The van der Waals surface area contributed by atoms with Gasteiger partial charge in [0, 0.05) is 38.1 Å². The summed E-state index contributed by atoms with van der Waals surface area (Å²) in [4.78, 5) is 26.9. The summed E-state index contributed by atoms with van der Waals surface area (Å²) >= 11 is 0. The molecule has 0 saturated carbocycles. The topological polar surface area (TPSA) is 49.9 Å². The molecule has 1 aromatic rings. The third-order valence-electron chi connectivity index (χ3n) is 4.64. The zero-order valence-electron chi connectivity index (χ0n) is 12.2. The van der Waals surface area contributed by atoms with Crippen molar-refractivity contribution in [2.75, 3.05) is 33.3 Å². The van der Waals surface area contributed by atoms with Gasteiger partial charge in [-0.05, 0) is 5.56 Å². The highest BCUT2D eigenvalue weighted by molar-refractivity contribution is 5.75. The molecule has 5 heteroatoms. The summed E-state index contributed by atoms with van der Waals surface area (Å²) in [6, 6.07) is 10.2. The van der Waals surface area contributed by atoms with Gasteiger partial charge in [-0.1, -0.05) is 30.3 Å². The van der Waals surface area contributed by atoms with Crippen LogP contribution >= 0.6 is 0 Å². The number of ether oxygens (including phenoxy) is 1. The Morgan fingerprint density at radius 2 is 2.05 bits per heavy atom. The van der Waals surface area contributed by atoms with Crippen LogP contribution in [0.4, 0.5) is 0 Å². The molecule has 0 bridgehead atoms. The van der Waals surface area contributed by atoms with Crippen LogP contribution in [0, 0.1) is 11.3 Å². The molecule has 0 aliphatic carbocycles. The highest BCUT2D eigenvalue weighted by Crippen LogP contribution is 2.44. The SMILES string of the molecule is COC(=O)C1CN(Cc2ccccc2)CC12CN(C=O)C2. The monoisotopic (exact) mass is 288 g/mol. The minimum Gasteiger partial charge on any atom is -0.469 e. The summed E-state index contributed by atoms with van der Waals surface area (Å²) in [5.41, 5.74) is 1.12. The average molecular weight is 288 g/mol. The molecule has 2 aliphatic heterocycles. The molecule has 0 radical (unpaired) electrons. The zero-order chi connectivity index (χ0) is 14.9. The van der Waals surface area contributed by atoms with Crippen LogP contribution in [0.5, 0.6) is 0 Å². The molecule has 5 nitrogen and oxygen atoms in total. The molecule has 2 saturated heterocycles. The van der Waals surface area contributed by atoms with E-state index < -0.39 is 0 Å². The number of amides is 1. The highest BCUT2D eigenvalue weighted by Gasteiger charge is 2.57. The average Bonchev–Trinajstić information content (AvgIpc) is 2.85. The van der Waals surface area contributed by atoms with E-state index in [4.69, 9.17) is 4.74 Å². The number of hydrogen-bond donors (Lipinski definition) is 0. The number of likely N-dealkylation sites (tertiary alicyclic amines) is 2. The predicted octanol–water partition coefficient (Wildman–Crippen LogP) is 0.750. The summed E-state index contributed by atoms with van der Waals surface area (Å²) in [7, 11) is 1.44. The number of esters is 1. The number of carbonyl (C=O) groups is 2. The number of methoxy groups -OCH3 is 1. The number of carbonyl (C=O) groups excluding carboxylic acids is 2. The molecule has 1 aromatic carbocycles. The Bertz CT molecular complexity index is 526. The fourth-order valence-electron chi connectivity index (χ4n) is 3.66. The van der Waals surface area contributed by atoms with Crippen LogP contribution in [0.3, 0.4) is 0 Å². The van der Waals surface area contributed by atoms with E-state index >= 15 is 0 Å². The molecule has 1 amide bonds. The minimum atomic E-state index is -0.156. The summed E-state index contributed by atoms with van der Waals surface area (Å²) < 4.78 is 4.96. The molecule has 2 aliphatic rings. The Kier molecular flexibility index (Phi) is 3.68. The third-order valence-corrected chi connectivity index (χ3v) is 4.64. The van der Waals surface area contributed by atoms with E-state index in [0.717, 1.165) is 19.5 Å². The van der Waals surface area contributed by atoms with Crippen LogP contribution in [-0.4, -0.2) is 55.5 Å². The second kappa shape index (κ2) is 5.48. The van der Waals surface area contributed by atoms with E-state index in [9.17, 15) is 9.59 Å². The molecular formula is C16H20N2O3. The minimum absolute atomic E-state index is 0.122. The van der Waals surface area contributed by atoms with Crippen LogP contribution < -0.4 is 0 Å². The number of rotatable bonds is 4. The van der Waals surface area contributed by atoms with Gasteiger partial charge in [-0.3, -0.25) is 14.5 Å². The smallest absolute Gasteiger partial charge is 0.310 e. The molecule has 112 valence electrons. The normalized spacial score (nSPS) is 23.9. The van der Waals surface area contributed by atoms with Gasteiger partial charge in [0.15, 0.2) is 0 Å².